The van der Waals surface area contributed by atoms with Crippen molar-refractivity contribution in [2.75, 3.05) is 11.9 Å². The van der Waals surface area contributed by atoms with Crippen molar-refractivity contribution in [2.24, 2.45) is 4.99 Å². The molecule has 10 rings (SSSR count). The van der Waals surface area contributed by atoms with E-state index in [2.05, 4.69) is 174 Å². The Balaban J connectivity index is 1.22. The summed E-state index contributed by atoms with van der Waals surface area (Å²) in [7, 11) is 1.75. The summed E-state index contributed by atoms with van der Waals surface area (Å²) in [6, 6.07) is 69.4. The lowest BCUT2D eigenvalue weighted by molar-refractivity contribution is 1.28. The maximum Gasteiger partial charge on any atom is 0.0992 e. The molecule has 0 fully saturated rings. The average Bonchev–Trinajstić information content (AvgIpc) is 3.59. The number of rotatable bonds is 7. The highest BCUT2D eigenvalue weighted by molar-refractivity contribution is 6.28. The molecule has 262 valence electrons. The summed E-state index contributed by atoms with van der Waals surface area (Å²) < 4.78 is 0. The monoisotopic (exact) mass is 713 g/mol. The quantitative estimate of drug-likeness (QED) is 0.154. The van der Waals surface area contributed by atoms with E-state index in [1.807, 2.05) is 30.3 Å². The Kier molecular flexibility index (Phi) is 8.09. The van der Waals surface area contributed by atoms with E-state index in [1.54, 1.807) is 13.3 Å². The highest BCUT2D eigenvalue weighted by Crippen LogP contribution is 2.58. The smallest absolute Gasteiger partial charge is 0.0992 e. The van der Waals surface area contributed by atoms with Crippen molar-refractivity contribution in [3.8, 4) is 61.7 Å². The van der Waals surface area contributed by atoms with Gasteiger partial charge in [0.25, 0.3) is 0 Å². The molecule has 56 heavy (non-hydrogen) atoms. The van der Waals surface area contributed by atoms with Gasteiger partial charge in [-0.25, -0.2) is 0 Å². The van der Waals surface area contributed by atoms with Crippen LogP contribution >= 0.6 is 0 Å². The fraction of sp³-hybridized carbons (Fsp3) is 0.0189. The van der Waals surface area contributed by atoms with E-state index in [0.29, 0.717) is 5.56 Å². The number of benzene rings is 9. The van der Waals surface area contributed by atoms with E-state index in [9.17, 15) is 5.26 Å². The fourth-order valence-electron chi connectivity index (χ4n) is 8.75. The summed E-state index contributed by atoms with van der Waals surface area (Å²) in [6.07, 6.45) is 1.80. The molecular weight excluding hydrogens is 679 g/mol. The molecule has 0 heterocycles. The molecule has 0 amide bonds. The van der Waals surface area contributed by atoms with E-state index >= 15 is 0 Å². The molecule has 1 aliphatic carbocycles. The van der Waals surface area contributed by atoms with Gasteiger partial charge in [-0.1, -0.05) is 146 Å². The van der Waals surface area contributed by atoms with Gasteiger partial charge in [0.15, 0.2) is 0 Å². The summed E-state index contributed by atoms with van der Waals surface area (Å²) in [4.78, 5) is 6.47. The Hall–Kier alpha value is -7.54. The third-order valence-corrected chi connectivity index (χ3v) is 11.0. The Morgan fingerprint density at radius 3 is 1.62 bits per heavy atom. The molecule has 0 aliphatic heterocycles. The van der Waals surface area contributed by atoms with E-state index < -0.39 is 0 Å². The number of fused-ring (bicyclic) bond motifs is 4. The minimum absolute atomic E-state index is 0.582. The summed E-state index contributed by atoms with van der Waals surface area (Å²) in [5.74, 6) is 0. The first kappa shape index (κ1) is 33.1. The molecule has 0 bridgehead atoms. The molecule has 3 heteroatoms. The van der Waals surface area contributed by atoms with Crippen molar-refractivity contribution in [3.05, 3.63) is 199 Å². The Morgan fingerprint density at radius 2 is 0.982 bits per heavy atom. The van der Waals surface area contributed by atoms with Gasteiger partial charge in [-0.15, -0.1) is 0 Å². The minimum atomic E-state index is 0.582. The number of nitrogens with zero attached hydrogens (tertiary/aromatic N) is 3. The third kappa shape index (κ3) is 5.39. The maximum atomic E-state index is 9.99. The Labute approximate surface area is 326 Å². The normalized spacial score (nSPS) is 11.6. The summed E-state index contributed by atoms with van der Waals surface area (Å²) in [6.45, 7) is 0. The van der Waals surface area contributed by atoms with Crippen LogP contribution in [0.15, 0.2) is 193 Å². The second-order valence-electron chi connectivity index (χ2n) is 14.2. The summed E-state index contributed by atoms with van der Waals surface area (Å²) in [5.41, 5.74) is 16.7. The van der Waals surface area contributed by atoms with Crippen LogP contribution in [-0.2, 0) is 0 Å². The lowest BCUT2D eigenvalue weighted by Gasteiger charge is -2.26. The number of para-hydroxylation sites is 1. The maximum absolute atomic E-state index is 9.99. The van der Waals surface area contributed by atoms with Gasteiger partial charge < -0.3 is 4.90 Å². The third-order valence-electron chi connectivity index (χ3n) is 11.0. The van der Waals surface area contributed by atoms with Gasteiger partial charge in [0, 0.05) is 30.3 Å². The van der Waals surface area contributed by atoms with Crippen LogP contribution in [0.25, 0.3) is 77.2 Å². The van der Waals surface area contributed by atoms with Gasteiger partial charge in [0.2, 0.25) is 0 Å². The first-order valence-corrected chi connectivity index (χ1v) is 18.9. The van der Waals surface area contributed by atoms with Crippen molar-refractivity contribution in [3.63, 3.8) is 0 Å². The lowest BCUT2D eigenvalue weighted by atomic mass is 9.82. The summed E-state index contributed by atoms with van der Waals surface area (Å²) in [5, 5.41) is 15.0. The molecule has 0 spiro atoms. The molecule has 3 nitrogen and oxygen atoms in total. The molecule has 0 saturated carbocycles. The van der Waals surface area contributed by atoms with Crippen LogP contribution in [0.5, 0.6) is 0 Å². The first-order chi connectivity index (χ1) is 27.7. The predicted octanol–water partition coefficient (Wildman–Crippen LogP) is 14.0. The predicted molar refractivity (Wildman–Crippen MR) is 235 cm³/mol. The van der Waals surface area contributed by atoms with Gasteiger partial charge >= 0.3 is 0 Å². The second-order valence-corrected chi connectivity index (χ2v) is 14.2. The molecule has 0 aromatic heterocycles. The van der Waals surface area contributed by atoms with Crippen LogP contribution in [0.3, 0.4) is 0 Å². The highest BCUT2D eigenvalue weighted by Gasteiger charge is 2.31. The zero-order chi connectivity index (χ0) is 37.6. The van der Waals surface area contributed by atoms with Gasteiger partial charge in [-0.05, 0) is 125 Å². The molecule has 1 aliphatic rings. The van der Waals surface area contributed by atoms with Gasteiger partial charge in [0.1, 0.15) is 0 Å². The first-order valence-electron chi connectivity index (χ1n) is 18.9. The zero-order valence-corrected chi connectivity index (χ0v) is 30.8. The van der Waals surface area contributed by atoms with Crippen molar-refractivity contribution in [1.29, 1.82) is 5.26 Å². The van der Waals surface area contributed by atoms with Crippen LogP contribution in [0.2, 0.25) is 0 Å². The average molecular weight is 714 g/mol. The zero-order valence-electron chi connectivity index (χ0n) is 30.8. The molecule has 9 aromatic carbocycles. The van der Waals surface area contributed by atoms with Crippen molar-refractivity contribution < 1.29 is 0 Å². The van der Waals surface area contributed by atoms with Crippen LogP contribution in [0, 0.1) is 11.3 Å². The molecule has 0 radical (unpaired) electrons. The second kappa shape index (κ2) is 13.7. The van der Waals surface area contributed by atoms with E-state index in [0.717, 1.165) is 28.2 Å². The molecular formula is C53H35N3. The van der Waals surface area contributed by atoms with Crippen molar-refractivity contribution >= 4 is 44.8 Å². The molecule has 0 N–H and O–H groups in total. The number of anilines is 3. The molecule has 9 aromatic rings. The largest absolute Gasteiger partial charge is 0.310 e. The number of aliphatic imine (C=N–C) groups is 1. The number of nitriles is 1. The summed E-state index contributed by atoms with van der Waals surface area (Å²) >= 11 is 0. The van der Waals surface area contributed by atoms with Gasteiger partial charge in [-0.3, -0.25) is 4.99 Å². The van der Waals surface area contributed by atoms with Crippen LogP contribution in [0.1, 0.15) is 11.1 Å². The van der Waals surface area contributed by atoms with Crippen molar-refractivity contribution in [2.45, 2.75) is 0 Å². The van der Waals surface area contributed by atoms with Crippen LogP contribution in [0.4, 0.5) is 17.1 Å². The lowest BCUT2D eigenvalue weighted by Crippen LogP contribution is -2.10. The number of hydrogen-bond acceptors (Lipinski definition) is 3. The van der Waals surface area contributed by atoms with E-state index in [1.165, 1.54) is 71.6 Å². The standard InChI is InChI=1S/C53H35N3/c1-55-34-36-29-35(33-54)30-42(31-36)56(40-20-9-4-10-21-40)41-22-13-19-39(32-41)43-27-28-48-51-44(43)25-14-26-47(51)52-49(37-15-5-2-6-16-37)45-23-11-12-24-46(45)50(53(48)52)38-17-7-3-8-18-38/h2-32,34H,1H3. The van der Waals surface area contributed by atoms with Gasteiger partial charge in [0.05, 0.1) is 11.6 Å². The van der Waals surface area contributed by atoms with Crippen LogP contribution < -0.4 is 4.90 Å². The number of hydrogen-bond donors (Lipinski definition) is 0. The Morgan fingerprint density at radius 1 is 0.446 bits per heavy atom. The highest BCUT2D eigenvalue weighted by atomic mass is 15.1. The topological polar surface area (TPSA) is 39.4 Å². The molecule has 0 saturated heterocycles. The van der Waals surface area contributed by atoms with Crippen LogP contribution in [-0.4, -0.2) is 13.3 Å². The fourth-order valence-corrected chi connectivity index (χ4v) is 8.75. The minimum Gasteiger partial charge on any atom is -0.310 e. The molecule has 0 unspecified atom stereocenters. The molecule has 0 atom stereocenters. The van der Waals surface area contributed by atoms with Gasteiger partial charge in [-0.2, -0.15) is 5.26 Å². The van der Waals surface area contributed by atoms with E-state index in [-0.39, 0.29) is 0 Å². The SMILES string of the molecule is CN=Cc1cc(C#N)cc(N(c2ccccc2)c2cccc(-c3ccc4c5c(cccc35)-c3c-4c(-c4ccccc4)c4ccccc4c3-c3ccccc3)c2)c1. The van der Waals surface area contributed by atoms with Crippen molar-refractivity contribution in [1.82, 2.24) is 0 Å². The Bertz CT molecular complexity index is 2940. The van der Waals surface area contributed by atoms with E-state index in [4.69, 9.17) is 0 Å².